The first-order chi connectivity index (χ1) is 8.63. The molecule has 18 heavy (non-hydrogen) atoms. The first-order valence-corrected chi connectivity index (χ1v) is 5.67. The summed E-state index contributed by atoms with van der Waals surface area (Å²) in [4.78, 5) is 23.9. The monoisotopic (exact) mass is 262 g/mol. The van der Waals surface area contributed by atoms with E-state index < -0.39 is 5.97 Å². The van der Waals surface area contributed by atoms with Crippen molar-refractivity contribution in [3.63, 3.8) is 0 Å². The summed E-state index contributed by atoms with van der Waals surface area (Å²) in [6, 6.07) is 2.84. The lowest BCUT2D eigenvalue weighted by Gasteiger charge is -2.07. The average molecular weight is 262 g/mol. The van der Waals surface area contributed by atoms with E-state index in [0.717, 1.165) is 0 Å². The third-order valence-electron chi connectivity index (χ3n) is 2.46. The summed E-state index contributed by atoms with van der Waals surface area (Å²) in [5.41, 5.74) is 0.429. The van der Waals surface area contributed by atoms with Crippen LogP contribution in [0.3, 0.4) is 0 Å². The Hall–Kier alpha value is -2.01. The van der Waals surface area contributed by atoms with E-state index in [0.29, 0.717) is 16.9 Å². The molecule has 0 aromatic carbocycles. The summed E-state index contributed by atoms with van der Waals surface area (Å²) in [6.07, 6.45) is 5.86. The number of Topliss-reactive ketones (excluding diaryl/α,β-unsaturated/α-hetero) is 1. The van der Waals surface area contributed by atoms with Gasteiger partial charge in [-0.15, -0.1) is 0 Å². The van der Waals surface area contributed by atoms with Gasteiger partial charge in [0.15, 0.2) is 5.76 Å². The third kappa shape index (κ3) is 2.31. The van der Waals surface area contributed by atoms with E-state index in [9.17, 15) is 9.59 Å². The number of ketones is 1. The topological polar surface area (TPSA) is 56.5 Å². The third-order valence-corrected chi connectivity index (χ3v) is 2.85. The van der Waals surface area contributed by atoms with Crippen LogP contribution in [-0.4, -0.2) is 23.7 Å². The van der Waals surface area contributed by atoms with E-state index >= 15 is 0 Å². The summed E-state index contributed by atoms with van der Waals surface area (Å²) in [6.45, 7) is 0. The van der Waals surface area contributed by atoms with Crippen LogP contribution in [0.5, 0.6) is 0 Å². The minimum atomic E-state index is -0.617. The molecule has 4 nitrogen and oxygen atoms in total. The Morgan fingerprint density at radius 1 is 1.33 bits per heavy atom. The summed E-state index contributed by atoms with van der Waals surface area (Å²) in [5, 5.41) is 0. The van der Waals surface area contributed by atoms with Gasteiger partial charge in [-0.3, -0.25) is 4.79 Å². The highest BCUT2D eigenvalue weighted by atomic mass is 32.1. The van der Waals surface area contributed by atoms with Crippen LogP contribution in [0.15, 0.2) is 40.4 Å². The number of ether oxygens (including phenoxy) is 1. The molecule has 1 heterocycles. The molecule has 0 unspecified atom stereocenters. The fourth-order valence-electron chi connectivity index (χ4n) is 1.55. The fourth-order valence-corrected chi connectivity index (χ4v) is 1.80. The maximum absolute atomic E-state index is 12.1. The lowest BCUT2D eigenvalue weighted by atomic mass is 9.99. The molecule has 0 spiro atoms. The van der Waals surface area contributed by atoms with Crippen LogP contribution in [0.25, 0.3) is 0 Å². The SMILES string of the molecule is COC(=O)c1ccc(C(=O)C2=CC=CCC2=S)o1. The number of thiocarbonyl (C=S) groups is 1. The number of carbonyl (C=O) groups excluding carboxylic acids is 2. The van der Waals surface area contributed by atoms with E-state index in [4.69, 9.17) is 16.6 Å². The lowest BCUT2D eigenvalue weighted by molar-refractivity contribution is 0.0563. The highest BCUT2D eigenvalue weighted by Crippen LogP contribution is 2.18. The Bertz CT molecular complexity index is 578. The smallest absolute Gasteiger partial charge is 0.373 e. The number of rotatable bonds is 3. The Kier molecular flexibility index (Phi) is 3.53. The molecule has 2 rings (SSSR count). The molecule has 0 saturated carbocycles. The number of allylic oxidation sites excluding steroid dienone is 4. The normalized spacial score (nSPS) is 14.3. The summed E-state index contributed by atoms with van der Waals surface area (Å²) in [7, 11) is 1.25. The Balaban J connectivity index is 2.27. The molecule has 0 bridgehead atoms. The number of methoxy groups -OCH3 is 1. The van der Waals surface area contributed by atoms with E-state index in [-0.39, 0.29) is 17.3 Å². The second-order valence-electron chi connectivity index (χ2n) is 3.62. The number of hydrogen-bond donors (Lipinski definition) is 0. The van der Waals surface area contributed by atoms with Crippen molar-refractivity contribution in [1.29, 1.82) is 0 Å². The van der Waals surface area contributed by atoms with Crippen LogP contribution < -0.4 is 0 Å². The van der Waals surface area contributed by atoms with Gasteiger partial charge in [-0.2, -0.15) is 0 Å². The van der Waals surface area contributed by atoms with E-state index in [1.165, 1.54) is 19.2 Å². The van der Waals surface area contributed by atoms with Crippen LogP contribution in [-0.2, 0) is 4.74 Å². The molecule has 0 fully saturated rings. The van der Waals surface area contributed by atoms with Crippen LogP contribution in [0.4, 0.5) is 0 Å². The van der Waals surface area contributed by atoms with Crippen molar-refractivity contribution in [3.8, 4) is 0 Å². The number of carbonyl (C=O) groups is 2. The molecule has 0 aliphatic heterocycles. The van der Waals surface area contributed by atoms with Gasteiger partial charge in [0.1, 0.15) is 0 Å². The number of esters is 1. The Morgan fingerprint density at radius 2 is 2.06 bits per heavy atom. The molecule has 0 radical (unpaired) electrons. The van der Waals surface area contributed by atoms with Crippen molar-refractivity contribution in [3.05, 3.63) is 47.5 Å². The van der Waals surface area contributed by atoms with Gasteiger partial charge in [0.2, 0.25) is 11.5 Å². The zero-order valence-corrected chi connectivity index (χ0v) is 10.5. The van der Waals surface area contributed by atoms with Crippen molar-refractivity contribution < 1.29 is 18.7 Å². The largest absolute Gasteiger partial charge is 0.463 e. The summed E-state index contributed by atoms with van der Waals surface area (Å²) in [5.74, 6) is -0.855. The zero-order valence-electron chi connectivity index (χ0n) is 9.64. The molecular weight excluding hydrogens is 252 g/mol. The van der Waals surface area contributed by atoms with Gasteiger partial charge in [0.25, 0.3) is 0 Å². The first-order valence-electron chi connectivity index (χ1n) is 5.26. The molecule has 92 valence electrons. The molecule has 0 saturated heterocycles. The average Bonchev–Trinajstić information content (AvgIpc) is 2.87. The minimum absolute atomic E-state index is 0.00119. The van der Waals surface area contributed by atoms with Crippen molar-refractivity contribution in [2.75, 3.05) is 7.11 Å². The van der Waals surface area contributed by atoms with E-state index in [1.807, 2.05) is 6.08 Å². The summed E-state index contributed by atoms with van der Waals surface area (Å²) < 4.78 is 9.65. The highest BCUT2D eigenvalue weighted by molar-refractivity contribution is 7.81. The van der Waals surface area contributed by atoms with Gasteiger partial charge < -0.3 is 9.15 Å². The van der Waals surface area contributed by atoms with Gasteiger partial charge >= 0.3 is 5.97 Å². The first kappa shape index (κ1) is 12.4. The minimum Gasteiger partial charge on any atom is -0.463 e. The van der Waals surface area contributed by atoms with Gasteiger partial charge in [-0.05, 0) is 12.1 Å². The van der Waals surface area contributed by atoms with Crippen molar-refractivity contribution in [2.24, 2.45) is 0 Å². The molecule has 1 aromatic rings. The molecule has 1 aromatic heterocycles. The zero-order chi connectivity index (χ0) is 13.1. The van der Waals surface area contributed by atoms with Gasteiger partial charge in [-0.25, -0.2) is 4.79 Å². The van der Waals surface area contributed by atoms with Crippen molar-refractivity contribution >= 4 is 28.8 Å². The maximum atomic E-state index is 12.1. The second-order valence-corrected chi connectivity index (χ2v) is 4.11. The molecule has 0 atom stereocenters. The van der Waals surface area contributed by atoms with Crippen LogP contribution in [0.2, 0.25) is 0 Å². The maximum Gasteiger partial charge on any atom is 0.373 e. The van der Waals surface area contributed by atoms with Gasteiger partial charge in [0, 0.05) is 16.9 Å². The molecular formula is C13H10O4S. The highest BCUT2D eigenvalue weighted by Gasteiger charge is 2.21. The fraction of sp³-hybridized carbons (Fsp3) is 0.154. The molecule has 1 aliphatic carbocycles. The molecule has 5 heteroatoms. The van der Waals surface area contributed by atoms with Crippen molar-refractivity contribution in [1.82, 2.24) is 0 Å². The Morgan fingerprint density at radius 3 is 2.72 bits per heavy atom. The number of furan rings is 1. The van der Waals surface area contributed by atoms with Crippen LogP contribution >= 0.6 is 12.2 Å². The second kappa shape index (κ2) is 5.10. The Labute approximate surface area is 109 Å². The van der Waals surface area contributed by atoms with E-state index in [1.54, 1.807) is 12.2 Å². The lowest BCUT2D eigenvalue weighted by Crippen LogP contribution is -2.12. The van der Waals surface area contributed by atoms with Gasteiger partial charge in [0.05, 0.1) is 7.11 Å². The summed E-state index contributed by atoms with van der Waals surface area (Å²) >= 11 is 5.11. The number of hydrogen-bond acceptors (Lipinski definition) is 5. The van der Waals surface area contributed by atoms with Crippen LogP contribution in [0.1, 0.15) is 27.5 Å². The quantitative estimate of drug-likeness (QED) is 0.476. The van der Waals surface area contributed by atoms with Crippen LogP contribution in [0, 0.1) is 0 Å². The molecule has 0 N–H and O–H groups in total. The van der Waals surface area contributed by atoms with E-state index in [2.05, 4.69) is 4.74 Å². The standard InChI is InChI=1S/C13H10O4S/c1-16-13(15)10-7-6-9(17-10)12(14)8-4-2-3-5-11(8)18/h2-4,6-7H,5H2,1H3. The molecule has 0 amide bonds. The molecule has 1 aliphatic rings. The predicted molar refractivity (Wildman–Crippen MR) is 68.8 cm³/mol. The predicted octanol–water partition coefficient (Wildman–Crippen LogP) is 2.51. The van der Waals surface area contributed by atoms with Crippen molar-refractivity contribution in [2.45, 2.75) is 6.42 Å². The van der Waals surface area contributed by atoms with Gasteiger partial charge in [-0.1, -0.05) is 30.4 Å².